The molecule has 2 nitrogen and oxygen atoms in total. The van der Waals surface area contributed by atoms with E-state index in [0.717, 1.165) is 0 Å². The zero-order valence-electron chi connectivity index (χ0n) is 4.89. The molecule has 0 aliphatic rings. The first-order valence-electron chi connectivity index (χ1n) is 2.11. The molecular weight excluding hydrogens is 126 g/mol. The quantitative estimate of drug-likeness (QED) is 0.524. The van der Waals surface area contributed by atoms with Crippen LogP contribution in [0.4, 0.5) is 0 Å². The highest BCUT2D eigenvalue weighted by Gasteiger charge is 2.18. The van der Waals surface area contributed by atoms with Crippen molar-refractivity contribution in [2.75, 3.05) is 0 Å². The monoisotopic (exact) mass is 137 g/mol. The third-order valence-electron chi connectivity index (χ3n) is 0.604. The Kier molecular flexibility index (Phi) is 2.16. The molecule has 44 valence electrons. The Morgan fingerprint density at radius 1 is 1.43 bits per heavy atom. The molecular formula is C3H11NOSSi. The molecule has 0 bridgehead atoms. The zero-order valence-corrected chi connectivity index (χ0v) is 6.71. The second-order valence-corrected chi connectivity index (χ2v) is 12.1. The zero-order chi connectivity index (χ0) is 6.08. The Morgan fingerprint density at radius 2 is 1.57 bits per heavy atom. The van der Waals surface area contributed by atoms with Crippen LogP contribution in [0.25, 0.3) is 0 Å². The summed E-state index contributed by atoms with van der Waals surface area (Å²) in [5.74, 6) is 0. The number of hydrogen-bond donors (Lipinski definition) is 1. The van der Waals surface area contributed by atoms with Gasteiger partial charge in [0, 0.05) is 0 Å². The summed E-state index contributed by atoms with van der Waals surface area (Å²) in [7, 11) is -2.53. The lowest BCUT2D eigenvalue weighted by atomic mass is 11.8. The summed E-state index contributed by atoms with van der Waals surface area (Å²) in [4.78, 5) is 0. The minimum atomic E-state index is -1.48. The Morgan fingerprint density at radius 3 is 1.57 bits per heavy atom. The van der Waals surface area contributed by atoms with Crippen LogP contribution in [0.5, 0.6) is 0 Å². The molecule has 0 fully saturated rings. The fourth-order valence-electron chi connectivity index (χ4n) is 0. The van der Waals surface area contributed by atoms with Crippen LogP contribution in [0, 0.1) is 0 Å². The summed E-state index contributed by atoms with van der Waals surface area (Å²) in [6, 6.07) is 0. The Hall–Kier alpha value is 0.327. The number of nitrogens with two attached hydrogens (primary N) is 1. The van der Waals surface area contributed by atoms with Crippen molar-refractivity contribution >= 4 is 17.7 Å². The molecule has 0 amide bonds. The molecule has 0 heterocycles. The van der Waals surface area contributed by atoms with Gasteiger partial charge in [0.25, 0.3) is 0 Å². The highest BCUT2D eigenvalue weighted by molar-refractivity contribution is 8.15. The maximum Gasteiger partial charge on any atom is 0.168 e. The van der Waals surface area contributed by atoms with Gasteiger partial charge < -0.3 is 0 Å². The van der Waals surface area contributed by atoms with E-state index in [1.54, 1.807) is 0 Å². The van der Waals surface area contributed by atoms with Crippen LogP contribution in [0.2, 0.25) is 19.6 Å². The van der Waals surface area contributed by atoms with Gasteiger partial charge in [0.1, 0.15) is 0 Å². The van der Waals surface area contributed by atoms with Crippen LogP contribution in [-0.2, 0) is 10.4 Å². The van der Waals surface area contributed by atoms with Gasteiger partial charge in [-0.05, 0) is 0 Å². The lowest BCUT2D eigenvalue weighted by molar-refractivity contribution is 0.691. The van der Waals surface area contributed by atoms with Crippen molar-refractivity contribution in [2.24, 2.45) is 5.14 Å². The Bertz CT molecular complexity index is 87.4. The lowest BCUT2D eigenvalue weighted by Gasteiger charge is -2.08. The van der Waals surface area contributed by atoms with E-state index in [4.69, 9.17) is 5.14 Å². The average molecular weight is 137 g/mol. The van der Waals surface area contributed by atoms with E-state index in [-0.39, 0.29) is 0 Å². The topological polar surface area (TPSA) is 43.1 Å². The third-order valence-corrected chi connectivity index (χ3v) is 5.43. The van der Waals surface area contributed by atoms with E-state index < -0.39 is 17.7 Å². The largest absolute Gasteiger partial charge is 0.258 e. The van der Waals surface area contributed by atoms with E-state index in [1.165, 1.54) is 0 Å². The van der Waals surface area contributed by atoms with E-state index in [2.05, 4.69) is 0 Å². The van der Waals surface area contributed by atoms with Crippen LogP contribution < -0.4 is 5.14 Å². The van der Waals surface area contributed by atoms with Crippen LogP contribution in [0.1, 0.15) is 0 Å². The van der Waals surface area contributed by atoms with E-state index >= 15 is 0 Å². The fraction of sp³-hybridized carbons (Fsp3) is 1.00. The molecule has 0 aromatic heterocycles. The highest BCUT2D eigenvalue weighted by atomic mass is 32.4. The van der Waals surface area contributed by atoms with Crippen molar-refractivity contribution in [2.45, 2.75) is 19.6 Å². The summed E-state index contributed by atoms with van der Waals surface area (Å²) >= 11 is 0. The summed E-state index contributed by atoms with van der Waals surface area (Å²) in [6.45, 7) is 5.93. The standard InChI is InChI=1S/C3H11NOSSi/c1-7(2,3)6(4)5/h4H2,1-3H3. The van der Waals surface area contributed by atoms with Gasteiger partial charge in [-0.3, -0.25) is 9.35 Å². The smallest absolute Gasteiger partial charge is 0.168 e. The van der Waals surface area contributed by atoms with Crippen molar-refractivity contribution in [3.05, 3.63) is 0 Å². The SMILES string of the molecule is C[Si](C)(C)S(N)=O. The van der Waals surface area contributed by atoms with Gasteiger partial charge in [0.15, 0.2) is 7.22 Å². The first-order valence-corrected chi connectivity index (χ1v) is 7.54. The normalized spacial score (nSPS) is 16.6. The number of hydrogen-bond acceptors (Lipinski definition) is 1. The van der Waals surface area contributed by atoms with Crippen LogP contribution in [0.15, 0.2) is 0 Å². The molecule has 0 aromatic carbocycles. The van der Waals surface area contributed by atoms with Gasteiger partial charge in [-0.1, -0.05) is 19.6 Å². The molecule has 0 aliphatic heterocycles. The predicted octanol–water partition coefficient (Wildman–Crippen LogP) is 0.444. The summed E-state index contributed by atoms with van der Waals surface area (Å²) in [5.41, 5.74) is 0. The third kappa shape index (κ3) is 2.96. The van der Waals surface area contributed by atoms with E-state index in [9.17, 15) is 4.21 Å². The lowest BCUT2D eigenvalue weighted by Crippen LogP contribution is -2.33. The maximum atomic E-state index is 10.4. The maximum absolute atomic E-state index is 10.4. The molecule has 0 saturated heterocycles. The Balaban J connectivity index is 3.79. The van der Waals surface area contributed by atoms with Crippen LogP contribution in [-0.4, -0.2) is 11.4 Å². The molecule has 0 aliphatic carbocycles. The van der Waals surface area contributed by atoms with Crippen molar-refractivity contribution in [3.63, 3.8) is 0 Å². The van der Waals surface area contributed by atoms with Crippen LogP contribution in [0.3, 0.4) is 0 Å². The van der Waals surface area contributed by atoms with Gasteiger partial charge >= 0.3 is 0 Å². The van der Waals surface area contributed by atoms with Gasteiger partial charge in [-0.25, -0.2) is 0 Å². The minimum Gasteiger partial charge on any atom is -0.258 e. The van der Waals surface area contributed by atoms with Gasteiger partial charge in [0.2, 0.25) is 0 Å². The van der Waals surface area contributed by atoms with Crippen molar-refractivity contribution in [3.8, 4) is 0 Å². The second kappa shape index (κ2) is 2.06. The molecule has 7 heavy (non-hydrogen) atoms. The molecule has 1 atom stereocenters. The molecule has 2 N–H and O–H groups in total. The second-order valence-electron chi connectivity index (χ2n) is 2.41. The first kappa shape index (κ1) is 7.33. The predicted molar refractivity (Wildman–Crippen MR) is 35.7 cm³/mol. The summed E-state index contributed by atoms with van der Waals surface area (Å²) in [6.07, 6.45) is 0. The average Bonchev–Trinajstić information content (AvgIpc) is 1.31. The van der Waals surface area contributed by atoms with Crippen molar-refractivity contribution in [1.82, 2.24) is 0 Å². The van der Waals surface area contributed by atoms with Gasteiger partial charge in [-0.15, -0.1) is 0 Å². The molecule has 0 aromatic rings. The summed E-state index contributed by atoms with van der Waals surface area (Å²) in [5, 5.41) is 5.10. The molecule has 4 heteroatoms. The first-order chi connectivity index (χ1) is 2.94. The fourth-order valence-corrected chi connectivity index (χ4v) is 0. The van der Waals surface area contributed by atoms with E-state index in [1.807, 2.05) is 19.6 Å². The van der Waals surface area contributed by atoms with E-state index in [0.29, 0.717) is 0 Å². The van der Waals surface area contributed by atoms with Crippen molar-refractivity contribution in [1.29, 1.82) is 0 Å². The molecule has 0 radical (unpaired) electrons. The van der Waals surface area contributed by atoms with Gasteiger partial charge in [0.05, 0.1) is 10.4 Å². The molecule has 1 unspecified atom stereocenters. The highest BCUT2D eigenvalue weighted by Crippen LogP contribution is 2.00. The molecule has 0 saturated carbocycles. The number of rotatable bonds is 1. The Labute approximate surface area is 47.3 Å². The summed E-state index contributed by atoms with van der Waals surface area (Å²) < 4.78 is 10.4. The molecule has 0 rings (SSSR count). The minimum absolute atomic E-state index is 1.04. The molecule has 0 spiro atoms. The van der Waals surface area contributed by atoms with Crippen molar-refractivity contribution < 1.29 is 4.21 Å². The van der Waals surface area contributed by atoms with Gasteiger partial charge in [-0.2, -0.15) is 0 Å². The van der Waals surface area contributed by atoms with Crippen LogP contribution >= 0.6 is 0 Å².